The summed E-state index contributed by atoms with van der Waals surface area (Å²) in [4.78, 5) is 22.2. The number of methoxy groups -OCH3 is 1. The number of imidazole rings is 1. The van der Waals surface area contributed by atoms with Gasteiger partial charge in [-0.2, -0.15) is 0 Å². The minimum Gasteiger partial charge on any atom is -0.497 e. The Bertz CT molecular complexity index is 857. The highest BCUT2D eigenvalue weighted by Crippen LogP contribution is 2.27. The molecule has 1 atom stereocenters. The minimum atomic E-state index is -0.0129. The van der Waals surface area contributed by atoms with E-state index in [-0.39, 0.29) is 11.9 Å². The topological polar surface area (TPSA) is 58.2 Å². The fraction of sp³-hybridized carbons (Fsp3) is 0.238. The number of aromatic amines is 1. The van der Waals surface area contributed by atoms with Crippen molar-refractivity contribution in [1.82, 2.24) is 14.9 Å². The van der Waals surface area contributed by atoms with Gasteiger partial charge in [0.15, 0.2) is 0 Å². The Kier molecular flexibility index (Phi) is 5.37. The van der Waals surface area contributed by atoms with Crippen LogP contribution < -0.4 is 4.74 Å². The molecule has 0 spiro atoms. The molecule has 134 valence electrons. The molecule has 0 unspecified atom stereocenters. The molecule has 1 amide bonds. The van der Waals surface area contributed by atoms with E-state index in [1.165, 1.54) is 0 Å². The molecule has 0 fully saturated rings. The largest absolute Gasteiger partial charge is 0.497 e. The molecule has 3 rings (SSSR count). The van der Waals surface area contributed by atoms with Crippen molar-refractivity contribution in [2.24, 2.45) is 0 Å². The van der Waals surface area contributed by atoms with Gasteiger partial charge in [0.2, 0.25) is 0 Å². The number of benzene rings is 2. The van der Waals surface area contributed by atoms with Crippen molar-refractivity contribution in [3.8, 4) is 17.1 Å². The van der Waals surface area contributed by atoms with Gasteiger partial charge in [0.1, 0.15) is 11.6 Å². The van der Waals surface area contributed by atoms with Crippen LogP contribution >= 0.6 is 0 Å². The molecule has 0 aliphatic heterocycles. The smallest absolute Gasteiger partial charge is 0.254 e. The van der Waals surface area contributed by atoms with Crippen LogP contribution in [0.25, 0.3) is 11.4 Å². The van der Waals surface area contributed by atoms with Crippen LogP contribution in [0.15, 0.2) is 60.9 Å². The van der Waals surface area contributed by atoms with Crippen LogP contribution in [0.3, 0.4) is 0 Å². The minimum absolute atomic E-state index is 0.000625. The molecule has 0 aliphatic carbocycles. The van der Waals surface area contributed by atoms with E-state index in [2.05, 4.69) is 16.9 Å². The summed E-state index contributed by atoms with van der Waals surface area (Å²) < 4.78 is 5.22. The average molecular weight is 349 g/mol. The Balaban J connectivity index is 1.84. The van der Waals surface area contributed by atoms with Crippen LogP contribution in [0.2, 0.25) is 0 Å². The highest BCUT2D eigenvalue weighted by molar-refractivity contribution is 5.95. The summed E-state index contributed by atoms with van der Waals surface area (Å²) in [6.07, 6.45) is 4.30. The van der Waals surface area contributed by atoms with Crippen LogP contribution in [-0.2, 0) is 0 Å². The van der Waals surface area contributed by atoms with Crippen molar-refractivity contribution >= 4 is 5.91 Å². The van der Waals surface area contributed by atoms with Gasteiger partial charge >= 0.3 is 0 Å². The number of hydrogen-bond acceptors (Lipinski definition) is 3. The van der Waals surface area contributed by atoms with E-state index in [0.717, 1.165) is 29.1 Å². The zero-order valence-corrected chi connectivity index (χ0v) is 15.3. The predicted molar refractivity (Wildman–Crippen MR) is 102 cm³/mol. The Morgan fingerprint density at radius 2 is 2.00 bits per heavy atom. The molecule has 1 heterocycles. The average Bonchev–Trinajstić information content (AvgIpc) is 3.23. The molecule has 5 heteroatoms. The van der Waals surface area contributed by atoms with Gasteiger partial charge in [0, 0.05) is 30.6 Å². The van der Waals surface area contributed by atoms with Gasteiger partial charge in [-0.15, -0.1) is 0 Å². The standard InChI is InChI=1S/C21H23N3O2/c1-4-19(15-8-10-18(26-3)11-9-15)24(2)21(25)17-7-5-6-16(14-17)20-22-12-13-23-20/h5-14,19H,4H2,1-3H3,(H,22,23)/t19-/m0/s1. The van der Waals surface area contributed by atoms with Crippen molar-refractivity contribution in [3.63, 3.8) is 0 Å². The molecule has 0 radical (unpaired) electrons. The number of ether oxygens (including phenoxy) is 1. The first-order valence-corrected chi connectivity index (χ1v) is 8.65. The zero-order chi connectivity index (χ0) is 18.5. The van der Waals surface area contributed by atoms with Crippen LogP contribution in [-0.4, -0.2) is 34.9 Å². The summed E-state index contributed by atoms with van der Waals surface area (Å²) in [5.74, 6) is 1.55. The maximum Gasteiger partial charge on any atom is 0.254 e. The van der Waals surface area contributed by atoms with E-state index in [0.29, 0.717) is 5.56 Å². The molecule has 26 heavy (non-hydrogen) atoms. The molecule has 1 aromatic heterocycles. The Morgan fingerprint density at radius 3 is 2.62 bits per heavy atom. The first-order valence-electron chi connectivity index (χ1n) is 8.65. The number of carbonyl (C=O) groups excluding carboxylic acids is 1. The monoisotopic (exact) mass is 349 g/mol. The van der Waals surface area contributed by atoms with E-state index in [1.54, 1.807) is 24.4 Å². The van der Waals surface area contributed by atoms with Crippen molar-refractivity contribution in [1.29, 1.82) is 0 Å². The lowest BCUT2D eigenvalue weighted by Crippen LogP contribution is -2.31. The lowest BCUT2D eigenvalue weighted by molar-refractivity contribution is 0.0726. The molecule has 0 saturated carbocycles. The van der Waals surface area contributed by atoms with Crippen LogP contribution in [0.5, 0.6) is 5.75 Å². The van der Waals surface area contributed by atoms with E-state index in [4.69, 9.17) is 4.74 Å². The number of nitrogens with one attached hydrogen (secondary N) is 1. The maximum absolute atomic E-state index is 13.0. The van der Waals surface area contributed by atoms with Gasteiger partial charge in [0.05, 0.1) is 13.2 Å². The van der Waals surface area contributed by atoms with E-state index < -0.39 is 0 Å². The van der Waals surface area contributed by atoms with E-state index in [1.807, 2.05) is 55.6 Å². The van der Waals surface area contributed by atoms with Crippen LogP contribution in [0.4, 0.5) is 0 Å². The van der Waals surface area contributed by atoms with Gasteiger partial charge in [-0.05, 0) is 36.2 Å². The summed E-state index contributed by atoms with van der Waals surface area (Å²) in [5, 5.41) is 0. The molecular weight excluding hydrogens is 326 g/mol. The third-order valence-corrected chi connectivity index (χ3v) is 4.56. The molecule has 0 aliphatic rings. The molecule has 3 aromatic rings. The molecule has 2 aromatic carbocycles. The number of H-pyrrole nitrogens is 1. The molecule has 0 saturated heterocycles. The summed E-state index contributed by atoms with van der Waals surface area (Å²) in [5.41, 5.74) is 2.63. The van der Waals surface area contributed by atoms with Gasteiger partial charge < -0.3 is 14.6 Å². The van der Waals surface area contributed by atoms with E-state index >= 15 is 0 Å². The third kappa shape index (κ3) is 3.61. The fourth-order valence-electron chi connectivity index (χ4n) is 3.13. The molecule has 5 nitrogen and oxygen atoms in total. The number of rotatable bonds is 6. The van der Waals surface area contributed by atoms with Crippen molar-refractivity contribution in [2.45, 2.75) is 19.4 Å². The highest BCUT2D eigenvalue weighted by Gasteiger charge is 2.21. The van der Waals surface area contributed by atoms with Gasteiger partial charge in [0.25, 0.3) is 5.91 Å². The fourth-order valence-corrected chi connectivity index (χ4v) is 3.13. The Hall–Kier alpha value is -3.08. The number of carbonyl (C=O) groups is 1. The number of aromatic nitrogens is 2. The normalized spacial score (nSPS) is 11.8. The second-order valence-corrected chi connectivity index (χ2v) is 6.13. The summed E-state index contributed by atoms with van der Waals surface area (Å²) >= 11 is 0. The summed E-state index contributed by atoms with van der Waals surface area (Å²) in [6, 6.07) is 15.4. The second kappa shape index (κ2) is 7.87. The van der Waals surface area contributed by atoms with Crippen LogP contribution in [0.1, 0.15) is 35.3 Å². The predicted octanol–water partition coefficient (Wildman–Crippen LogP) is 4.31. The SMILES string of the molecule is CC[C@@H](c1ccc(OC)cc1)N(C)C(=O)c1cccc(-c2ncc[nH]2)c1. The Morgan fingerprint density at radius 1 is 1.23 bits per heavy atom. The second-order valence-electron chi connectivity index (χ2n) is 6.13. The summed E-state index contributed by atoms with van der Waals surface area (Å²) in [6.45, 7) is 2.08. The first kappa shape index (κ1) is 17.7. The third-order valence-electron chi connectivity index (χ3n) is 4.56. The van der Waals surface area contributed by atoms with Crippen LogP contribution in [0, 0.1) is 0 Å². The zero-order valence-electron chi connectivity index (χ0n) is 15.3. The van der Waals surface area contributed by atoms with Crippen molar-refractivity contribution < 1.29 is 9.53 Å². The first-order chi connectivity index (χ1) is 12.6. The lowest BCUT2D eigenvalue weighted by atomic mass is 10.0. The molecule has 1 N–H and O–H groups in total. The van der Waals surface area contributed by atoms with E-state index in [9.17, 15) is 4.79 Å². The van der Waals surface area contributed by atoms with Crippen molar-refractivity contribution in [2.75, 3.05) is 14.2 Å². The Labute approximate surface area is 153 Å². The molecular formula is C21H23N3O2. The number of amides is 1. The summed E-state index contributed by atoms with van der Waals surface area (Å²) in [7, 11) is 3.49. The van der Waals surface area contributed by atoms with Gasteiger partial charge in [-0.3, -0.25) is 4.79 Å². The van der Waals surface area contributed by atoms with Crippen molar-refractivity contribution in [3.05, 3.63) is 72.1 Å². The number of hydrogen-bond donors (Lipinski definition) is 1. The quantitative estimate of drug-likeness (QED) is 0.721. The van der Waals surface area contributed by atoms with Gasteiger partial charge in [-0.1, -0.05) is 31.2 Å². The lowest BCUT2D eigenvalue weighted by Gasteiger charge is -2.28. The molecule has 0 bridgehead atoms. The highest BCUT2D eigenvalue weighted by atomic mass is 16.5. The maximum atomic E-state index is 13.0. The number of nitrogens with zero attached hydrogens (tertiary/aromatic N) is 2. The van der Waals surface area contributed by atoms with Gasteiger partial charge in [-0.25, -0.2) is 4.98 Å².